The van der Waals surface area contributed by atoms with E-state index in [1.807, 2.05) is 18.9 Å². The van der Waals surface area contributed by atoms with Crippen molar-refractivity contribution in [1.82, 2.24) is 19.8 Å². The molecule has 2 aromatic heterocycles. The minimum Gasteiger partial charge on any atom is -0.507 e. The number of benzene rings is 1. The Balaban J connectivity index is 1.57. The Morgan fingerprint density at radius 2 is 1.97 bits per heavy atom. The number of ether oxygens (including phenoxy) is 1. The second-order valence-corrected chi connectivity index (χ2v) is 10.1. The number of carbonyl (C=O) groups is 1. The van der Waals surface area contributed by atoms with Crippen molar-refractivity contribution in [2.75, 3.05) is 44.7 Å². The Morgan fingerprint density at radius 1 is 1.18 bits per heavy atom. The standard InChI is InChI=1S/C28H30F3N5O3/c1-16-14-35(28(38)17(2)29)10-11-36(16)22-13-24(39-15-18-6-5-9-34(18)3)32-27-19(22)12-21(31)26(33-27)25-20(30)7-4-8-23(25)37/h4,7-8,12-13,16,18,37H,2,5-6,9-11,14-15H2,1,3H3/t16-,18+/m1/s1. The molecule has 2 aliphatic heterocycles. The van der Waals surface area contributed by atoms with E-state index >= 15 is 4.39 Å². The van der Waals surface area contributed by atoms with Gasteiger partial charge in [-0.1, -0.05) is 12.6 Å². The SMILES string of the molecule is C=C(F)C(=O)N1CCN(c2cc(OC[C@@H]3CCCN3C)nc3nc(-c4c(O)cccc4F)c(F)cc23)[C@H](C)C1. The highest BCUT2D eigenvalue weighted by atomic mass is 19.1. The van der Waals surface area contributed by atoms with Gasteiger partial charge in [-0.05, 0) is 51.6 Å². The summed E-state index contributed by atoms with van der Waals surface area (Å²) in [4.78, 5) is 26.6. The number of aromatic hydroxyl groups is 1. The third-order valence-corrected chi connectivity index (χ3v) is 7.49. The molecule has 0 unspecified atom stereocenters. The number of phenols is 1. The van der Waals surface area contributed by atoms with Gasteiger partial charge in [0.25, 0.3) is 5.91 Å². The fourth-order valence-corrected chi connectivity index (χ4v) is 5.36. The average molecular weight is 542 g/mol. The first kappa shape index (κ1) is 26.7. The summed E-state index contributed by atoms with van der Waals surface area (Å²) in [5.41, 5.74) is -0.0337. The molecular formula is C28H30F3N5O3. The Kier molecular flexibility index (Phi) is 7.35. The van der Waals surface area contributed by atoms with Crippen LogP contribution in [-0.2, 0) is 4.79 Å². The largest absolute Gasteiger partial charge is 0.507 e. The highest BCUT2D eigenvalue weighted by Gasteiger charge is 2.31. The van der Waals surface area contributed by atoms with Gasteiger partial charge >= 0.3 is 0 Å². The van der Waals surface area contributed by atoms with Crippen molar-refractivity contribution in [3.8, 4) is 22.9 Å². The molecule has 4 heterocycles. The van der Waals surface area contributed by atoms with Crippen molar-refractivity contribution < 1.29 is 27.8 Å². The maximum atomic E-state index is 15.4. The molecule has 2 atom stereocenters. The second kappa shape index (κ2) is 10.7. The number of carbonyl (C=O) groups excluding carboxylic acids is 1. The van der Waals surface area contributed by atoms with Crippen molar-refractivity contribution in [3.63, 3.8) is 0 Å². The van der Waals surface area contributed by atoms with E-state index in [9.17, 15) is 18.7 Å². The van der Waals surface area contributed by atoms with Crippen molar-refractivity contribution in [1.29, 1.82) is 0 Å². The maximum Gasteiger partial charge on any atom is 0.282 e. The van der Waals surface area contributed by atoms with E-state index in [0.29, 0.717) is 24.2 Å². The third kappa shape index (κ3) is 5.23. The molecule has 0 spiro atoms. The predicted octanol–water partition coefficient (Wildman–Crippen LogP) is 4.27. The van der Waals surface area contributed by atoms with Gasteiger partial charge in [0.15, 0.2) is 17.3 Å². The number of pyridine rings is 2. The van der Waals surface area contributed by atoms with E-state index in [-0.39, 0.29) is 48.0 Å². The number of piperazine rings is 1. The number of aromatic nitrogens is 2. The van der Waals surface area contributed by atoms with Gasteiger partial charge in [-0.25, -0.2) is 18.2 Å². The van der Waals surface area contributed by atoms with Crippen LogP contribution < -0.4 is 9.64 Å². The fourth-order valence-electron chi connectivity index (χ4n) is 5.36. The van der Waals surface area contributed by atoms with Crippen LogP contribution in [0.5, 0.6) is 11.6 Å². The smallest absolute Gasteiger partial charge is 0.282 e. The second-order valence-electron chi connectivity index (χ2n) is 10.1. The Hall–Kier alpha value is -3.86. The molecule has 1 aromatic carbocycles. The lowest BCUT2D eigenvalue weighted by Gasteiger charge is -2.41. The van der Waals surface area contributed by atoms with Gasteiger partial charge in [-0.15, -0.1) is 0 Å². The molecule has 0 bridgehead atoms. The molecular weight excluding hydrogens is 511 g/mol. The van der Waals surface area contributed by atoms with Crippen LogP contribution in [-0.4, -0.2) is 82.7 Å². The molecule has 0 aliphatic carbocycles. The number of hydrogen-bond donors (Lipinski definition) is 1. The number of halogens is 3. The van der Waals surface area contributed by atoms with Crippen LogP contribution in [0.3, 0.4) is 0 Å². The van der Waals surface area contributed by atoms with E-state index in [1.54, 1.807) is 6.07 Å². The van der Waals surface area contributed by atoms with Crippen LogP contribution in [0.4, 0.5) is 18.9 Å². The molecule has 2 fully saturated rings. The Bertz CT molecular complexity index is 1420. The van der Waals surface area contributed by atoms with Crippen LogP contribution in [0.2, 0.25) is 0 Å². The van der Waals surface area contributed by atoms with Gasteiger partial charge in [-0.3, -0.25) is 4.79 Å². The Labute approximate surface area is 224 Å². The van der Waals surface area contributed by atoms with Gasteiger partial charge in [0.1, 0.15) is 23.9 Å². The van der Waals surface area contributed by atoms with Crippen LogP contribution in [0.15, 0.2) is 42.7 Å². The summed E-state index contributed by atoms with van der Waals surface area (Å²) >= 11 is 0. The van der Waals surface area contributed by atoms with Gasteiger partial charge in [0, 0.05) is 43.2 Å². The number of phenolic OH excluding ortho intramolecular Hbond substituents is 1. The van der Waals surface area contributed by atoms with Crippen LogP contribution in [0.1, 0.15) is 19.8 Å². The molecule has 11 heteroatoms. The number of likely N-dealkylation sites (tertiary alicyclic amines) is 1. The lowest BCUT2D eigenvalue weighted by atomic mass is 10.1. The first-order valence-electron chi connectivity index (χ1n) is 12.9. The monoisotopic (exact) mass is 541 g/mol. The quantitative estimate of drug-likeness (QED) is 0.467. The summed E-state index contributed by atoms with van der Waals surface area (Å²) in [7, 11) is 2.03. The molecule has 2 aliphatic rings. The maximum absolute atomic E-state index is 15.4. The molecule has 5 rings (SSSR count). The van der Waals surface area contributed by atoms with Crippen LogP contribution in [0.25, 0.3) is 22.3 Å². The summed E-state index contributed by atoms with van der Waals surface area (Å²) in [5.74, 6) is -3.60. The van der Waals surface area contributed by atoms with Gasteiger partial charge < -0.3 is 24.5 Å². The van der Waals surface area contributed by atoms with Crippen LogP contribution in [0, 0.1) is 11.6 Å². The minimum absolute atomic E-state index is 0.115. The fraction of sp³-hybridized carbons (Fsp3) is 0.393. The summed E-state index contributed by atoms with van der Waals surface area (Å²) in [6.07, 6.45) is 2.06. The zero-order valence-corrected chi connectivity index (χ0v) is 21.8. The number of nitrogens with zero attached hydrogens (tertiary/aromatic N) is 5. The Morgan fingerprint density at radius 3 is 2.64 bits per heavy atom. The van der Waals surface area contributed by atoms with E-state index in [4.69, 9.17) is 4.74 Å². The molecule has 2 saturated heterocycles. The molecule has 1 amide bonds. The number of fused-ring (bicyclic) bond motifs is 1. The van der Waals surface area contributed by atoms with E-state index in [2.05, 4.69) is 21.4 Å². The minimum atomic E-state index is -1.02. The topological polar surface area (TPSA) is 82.0 Å². The van der Waals surface area contributed by atoms with Gasteiger partial charge in [0.05, 0.1) is 11.3 Å². The summed E-state index contributed by atoms with van der Waals surface area (Å²) < 4.78 is 49.6. The van der Waals surface area contributed by atoms with Crippen molar-refractivity contribution in [3.05, 3.63) is 54.4 Å². The molecule has 1 N–H and O–H groups in total. The first-order chi connectivity index (χ1) is 18.6. The molecule has 0 radical (unpaired) electrons. The van der Waals surface area contributed by atoms with Crippen molar-refractivity contribution >= 4 is 22.6 Å². The average Bonchev–Trinajstić information content (AvgIpc) is 3.31. The molecule has 206 valence electrons. The van der Waals surface area contributed by atoms with E-state index in [0.717, 1.165) is 25.5 Å². The first-order valence-corrected chi connectivity index (χ1v) is 12.9. The number of rotatable bonds is 6. The molecule has 0 saturated carbocycles. The summed E-state index contributed by atoms with van der Waals surface area (Å²) in [6, 6.07) is 6.58. The zero-order valence-electron chi connectivity index (χ0n) is 21.8. The molecule has 3 aromatic rings. The van der Waals surface area contributed by atoms with Gasteiger partial charge in [0.2, 0.25) is 5.88 Å². The van der Waals surface area contributed by atoms with Crippen molar-refractivity contribution in [2.45, 2.75) is 31.8 Å². The molecule has 39 heavy (non-hydrogen) atoms. The third-order valence-electron chi connectivity index (χ3n) is 7.49. The van der Waals surface area contributed by atoms with Gasteiger partial charge in [-0.2, -0.15) is 4.98 Å². The zero-order chi connectivity index (χ0) is 27.8. The predicted molar refractivity (Wildman–Crippen MR) is 141 cm³/mol. The highest BCUT2D eigenvalue weighted by molar-refractivity contribution is 5.93. The van der Waals surface area contributed by atoms with Crippen molar-refractivity contribution in [2.24, 2.45) is 0 Å². The number of anilines is 1. The molecule has 8 nitrogen and oxygen atoms in total. The normalized spacial score (nSPS) is 20.0. The van der Waals surface area contributed by atoms with E-state index < -0.39 is 29.1 Å². The lowest BCUT2D eigenvalue weighted by molar-refractivity contribution is -0.129. The summed E-state index contributed by atoms with van der Waals surface area (Å²) in [5, 5.41) is 10.6. The lowest BCUT2D eigenvalue weighted by Crippen LogP contribution is -2.54. The number of likely N-dealkylation sites (N-methyl/N-ethyl adjacent to an activating group) is 1. The number of amides is 1. The highest BCUT2D eigenvalue weighted by Crippen LogP contribution is 2.37. The van der Waals surface area contributed by atoms with E-state index in [1.165, 1.54) is 23.1 Å². The van der Waals surface area contributed by atoms with Crippen LogP contribution >= 0.6 is 0 Å². The number of hydrogen-bond acceptors (Lipinski definition) is 7. The summed E-state index contributed by atoms with van der Waals surface area (Å²) in [6.45, 7) is 7.15.